The minimum atomic E-state index is -4.58. The highest BCUT2D eigenvalue weighted by Gasteiger charge is 2.38. The van der Waals surface area contributed by atoms with Gasteiger partial charge in [-0.1, -0.05) is 29.5 Å². The summed E-state index contributed by atoms with van der Waals surface area (Å²) >= 11 is 0. The molecule has 4 rings (SSSR count). The van der Waals surface area contributed by atoms with Gasteiger partial charge in [-0.3, -0.25) is 4.68 Å². The second kappa shape index (κ2) is 7.45. The molecule has 0 radical (unpaired) electrons. The van der Waals surface area contributed by atoms with Crippen LogP contribution < -0.4 is 0 Å². The lowest BCUT2D eigenvalue weighted by Gasteiger charge is -2.16. The number of alkyl halides is 3. The van der Waals surface area contributed by atoms with Crippen molar-refractivity contribution >= 4 is 15.7 Å². The van der Waals surface area contributed by atoms with Crippen LogP contribution in [0.5, 0.6) is 0 Å². The van der Waals surface area contributed by atoms with Gasteiger partial charge in [-0.05, 0) is 35.4 Å². The molecule has 1 aliphatic rings. The predicted octanol–water partition coefficient (Wildman–Crippen LogP) is 3.17. The molecule has 162 valence electrons. The number of sulfonamides is 1. The van der Waals surface area contributed by atoms with Crippen molar-refractivity contribution in [2.24, 2.45) is 12.1 Å². The Kier molecular flexibility index (Phi) is 5.04. The Balaban J connectivity index is 1.81. The molecule has 1 aliphatic heterocycles. The maximum atomic E-state index is 13.4. The maximum Gasteiger partial charge on any atom is 0.416 e. The number of nitrogens with zero attached hydrogens (tertiary/aromatic N) is 5. The SMILES string of the molecule is Cn1cc(S(=O)(=O)N2CC(c3ccc(F)cc3)C(c3cccc(C(F)(F)F)c3)=N2)nn1. The molecular formula is C19H15F4N5O2S. The van der Waals surface area contributed by atoms with Gasteiger partial charge < -0.3 is 0 Å². The van der Waals surface area contributed by atoms with Crippen molar-refractivity contribution in [3.63, 3.8) is 0 Å². The van der Waals surface area contributed by atoms with Crippen molar-refractivity contribution < 1.29 is 26.0 Å². The third-order valence-corrected chi connectivity index (χ3v) is 6.27. The Morgan fingerprint density at radius 2 is 1.81 bits per heavy atom. The fraction of sp³-hybridized carbons (Fsp3) is 0.211. The van der Waals surface area contributed by atoms with Gasteiger partial charge in [-0.2, -0.15) is 31.1 Å². The van der Waals surface area contributed by atoms with Crippen LogP contribution >= 0.6 is 0 Å². The van der Waals surface area contributed by atoms with Gasteiger partial charge >= 0.3 is 6.18 Å². The lowest BCUT2D eigenvalue weighted by Crippen LogP contribution is -2.26. The highest BCUT2D eigenvalue weighted by Crippen LogP contribution is 2.34. The summed E-state index contributed by atoms with van der Waals surface area (Å²) in [6, 6.07) is 9.75. The highest BCUT2D eigenvalue weighted by molar-refractivity contribution is 7.89. The average Bonchev–Trinajstić information content (AvgIpc) is 3.36. The number of hydrazone groups is 1. The summed E-state index contributed by atoms with van der Waals surface area (Å²) in [5.74, 6) is -1.21. The average molecular weight is 453 g/mol. The van der Waals surface area contributed by atoms with E-state index in [1.165, 1.54) is 54.3 Å². The van der Waals surface area contributed by atoms with Crippen molar-refractivity contribution in [1.29, 1.82) is 0 Å². The minimum Gasteiger partial charge on any atom is -0.254 e. The zero-order chi connectivity index (χ0) is 22.4. The van der Waals surface area contributed by atoms with Gasteiger partial charge in [0.2, 0.25) is 5.03 Å². The van der Waals surface area contributed by atoms with Gasteiger partial charge in [-0.25, -0.2) is 4.39 Å². The van der Waals surface area contributed by atoms with Crippen LogP contribution in [0.4, 0.5) is 17.6 Å². The van der Waals surface area contributed by atoms with Crippen LogP contribution in [0, 0.1) is 5.82 Å². The molecule has 0 saturated heterocycles. The maximum absolute atomic E-state index is 13.4. The van der Waals surface area contributed by atoms with Crippen molar-refractivity contribution in [2.75, 3.05) is 6.54 Å². The van der Waals surface area contributed by atoms with Crippen LogP contribution in [0.25, 0.3) is 0 Å². The van der Waals surface area contributed by atoms with E-state index in [-0.39, 0.29) is 22.8 Å². The van der Waals surface area contributed by atoms with Gasteiger partial charge in [0.15, 0.2) is 0 Å². The molecule has 31 heavy (non-hydrogen) atoms. The molecule has 2 heterocycles. The molecule has 1 unspecified atom stereocenters. The minimum absolute atomic E-state index is 0.112. The monoisotopic (exact) mass is 453 g/mol. The summed E-state index contributed by atoms with van der Waals surface area (Å²) in [7, 11) is -2.70. The number of halogens is 4. The van der Waals surface area contributed by atoms with E-state index >= 15 is 0 Å². The van der Waals surface area contributed by atoms with Gasteiger partial charge in [0, 0.05) is 13.0 Å². The van der Waals surface area contributed by atoms with Gasteiger partial charge in [0.25, 0.3) is 10.0 Å². The number of aromatic nitrogens is 3. The summed E-state index contributed by atoms with van der Waals surface area (Å²) in [5, 5.41) is 11.0. The van der Waals surface area contributed by atoms with E-state index in [2.05, 4.69) is 15.4 Å². The van der Waals surface area contributed by atoms with E-state index in [0.29, 0.717) is 5.56 Å². The summed E-state index contributed by atoms with van der Waals surface area (Å²) in [6.45, 7) is -0.184. The fourth-order valence-corrected chi connectivity index (χ4v) is 4.43. The molecule has 7 nitrogen and oxygen atoms in total. The zero-order valence-electron chi connectivity index (χ0n) is 16.0. The van der Waals surface area contributed by atoms with Crippen LogP contribution in [0.1, 0.15) is 22.6 Å². The summed E-state index contributed by atoms with van der Waals surface area (Å²) in [4.78, 5) is 0. The Hall–Kier alpha value is -3.28. The van der Waals surface area contributed by atoms with Crippen molar-refractivity contribution in [1.82, 2.24) is 19.4 Å². The Labute approximate surface area is 174 Å². The Morgan fingerprint density at radius 3 is 2.42 bits per heavy atom. The smallest absolute Gasteiger partial charge is 0.254 e. The van der Waals surface area contributed by atoms with Crippen LogP contribution in [0.3, 0.4) is 0 Å². The molecule has 0 fully saturated rings. The first-order valence-electron chi connectivity index (χ1n) is 8.96. The number of rotatable bonds is 4. The second-order valence-electron chi connectivity index (χ2n) is 6.91. The lowest BCUT2D eigenvalue weighted by molar-refractivity contribution is -0.137. The van der Waals surface area contributed by atoms with Gasteiger partial charge in [0.05, 0.1) is 24.0 Å². The zero-order valence-corrected chi connectivity index (χ0v) is 16.8. The molecule has 12 heteroatoms. The van der Waals surface area contributed by atoms with Crippen LogP contribution in [0.15, 0.2) is 64.9 Å². The molecule has 0 bridgehead atoms. The molecular weight excluding hydrogens is 438 g/mol. The summed E-state index contributed by atoms with van der Waals surface area (Å²) in [5.41, 5.74) is -0.152. The first-order valence-corrected chi connectivity index (χ1v) is 10.4. The molecule has 0 saturated carbocycles. The lowest BCUT2D eigenvalue weighted by atomic mass is 9.90. The number of hydrogen-bond acceptors (Lipinski definition) is 5. The quantitative estimate of drug-likeness (QED) is 0.569. The van der Waals surface area contributed by atoms with Gasteiger partial charge in [-0.15, -0.1) is 5.10 Å². The molecule has 1 aromatic heterocycles. The van der Waals surface area contributed by atoms with Crippen molar-refractivity contribution in [2.45, 2.75) is 17.1 Å². The van der Waals surface area contributed by atoms with Crippen LogP contribution in [-0.2, 0) is 23.2 Å². The number of hydrogen-bond donors (Lipinski definition) is 0. The molecule has 0 spiro atoms. The predicted molar refractivity (Wildman–Crippen MR) is 102 cm³/mol. The molecule has 0 N–H and O–H groups in total. The van der Waals surface area contributed by atoms with E-state index in [1.807, 2.05) is 0 Å². The summed E-state index contributed by atoms with van der Waals surface area (Å²) < 4.78 is 80.9. The Morgan fingerprint density at radius 1 is 1.10 bits per heavy atom. The van der Waals surface area contributed by atoms with Crippen LogP contribution in [0.2, 0.25) is 0 Å². The van der Waals surface area contributed by atoms with E-state index in [4.69, 9.17) is 0 Å². The fourth-order valence-electron chi connectivity index (χ4n) is 3.25. The van der Waals surface area contributed by atoms with E-state index < -0.39 is 33.5 Å². The summed E-state index contributed by atoms with van der Waals surface area (Å²) in [6.07, 6.45) is -3.38. The first kappa shape index (κ1) is 21.0. The third-order valence-electron chi connectivity index (χ3n) is 4.77. The largest absolute Gasteiger partial charge is 0.416 e. The van der Waals surface area contributed by atoms with Gasteiger partial charge in [0.1, 0.15) is 5.82 Å². The van der Waals surface area contributed by atoms with E-state index in [1.54, 1.807) is 0 Å². The first-order chi connectivity index (χ1) is 14.6. The Bertz CT molecular complexity index is 1250. The van der Waals surface area contributed by atoms with Crippen LogP contribution in [-0.4, -0.2) is 40.1 Å². The molecule has 0 amide bonds. The molecule has 3 aromatic rings. The third kappa shape index (κ3) is 4.02. The standard InChI is InChI=1S/C19H15F4N5O2S/c1-27-11-17(24-26-27)31(29,30)28-10-16(12-5-7-15(20)8-6-12)18(25-28)13-3-2-4-14(9-13)19(21,22)23/h2-9,11,16H,10H2,1H3. The van der Waals surface area contributed by atoms with Crippen molar-refractivity contribution in [3.8, 4) is 0 Å². The van der Waals surface area contributed by atoms with Crippen molar-refractivity contribution in [3.05, 3.63) is 77.2 Å². The second-order valence-corrected chi connectivity index (χ2v) is 8.70. The molecule has 2 aromatic carbocycles. The number of aryl methyl sites for hydroxylation is 1. The normalized spacial score (nSPS) is 17.1. The van der Waals surface area contributed by atoms with E-state index in [9.17, 15) is 26.0 Å². The highest BCUT2D eigenvalue weighted by atomic mass is 32.2. The topological polar surface area (TPSA) is 80.5 Å². The molecule has 0 aliphatic carbocycles. The molecule has 1 atom stereocenters. The van der Waals surface area contributed by atoms with E-state index in [0.717, 1.165) is 16.5 Å². The number of benzene rings is 2.